The second-order valence-electron chi connectivity index (χ2n) is 5.83. The molecule has 0 aliphatic heterocycles. The maximum Gasteiger partial charge on any atom is 0.361 e. The minimum absolute atomic E-state index is 0.0301. The lowest BCUT2D eigenvalue weighted by Gasteiger charge is -2.26. The largest absolute Gasteiger partial charge is 0.476 e. The number of rotatable bonds is 5. The number of ether oxygens (including phenoxy) is 1. The van der Waals surface area contributed by atoms with Crippen LogP contribution in [0.1, 0.15) is 40.4 Å². The van der Waals surface area contributed by atoms with Gasteiger partial charge >= 0.3 is 11.9 Å². The highest BCUT2D eigenvalue weighted by Gasteiger charge is 2.35. The van der Waals surface area contributed by atoms with Crippen LogP contribution in [0.2, 0.25) is 0 Å². The van der Waals surface area contributed by atoms with E-state index in [2.05, 4.69) is 5.16 Å². The number of carboxylic acids is 1. The minimum atomic E-state index is -1.43. The molecule has 21 heavy (non-hydrogen) atoms. The Hall–Kier alpha value is -2.31. The monoisotopic (exact) mass is 297 g/mol. The van der Waals surface area contributed by atoms with Crippen LogP contribution in [-0.2, 0) is 19.2 Å². The highest BCUT2D eigenvalue weighted by atomic mass is 16.7. The van der Waals surface area contributed by atoms with Gasteiger partial charge in [-0.05, 0) is 46.8 Å². The average molecular weight is 297 g/mol. The van der Waals surface area contributed by atoms with Crippen LogP contribution in [0, 0.1) is 0 Å². The van der Waals surface area contributed by atoms with Gasteiger partial charge in [0.1, 0.15) is 5.60 Å². The maximum atomic E-state index is 12.0. The lowest BCUT2D eigenvalue weighted by molar-refractivity contribution is -0.179. The molecule has 0 spiro atoms. The van der Waals surface area contributed by atoms with Crippen molar-refractivity contribution in [3.63, 3.8) is 0 Å². The molecule has 0 fully saturated rings. The number of esters is 1. The van der Waals surface area contributed by atoms with Crippen LogP contribution >= 0.6 is 0 Å². The van der Waals surface area contributed by atoms with E-state index >= 15 is 0 Å². The number of hydrogen-bond acceptors (Lipinski definition) is 6. The molecule has 1 N–H and O–H groups in total. The zero-order valence-electron chi connectivity index (χ0n) is 12.7. The molecule has 1 rings (SSSR count). The molecule has 0 saturated heterocycles. The summed E-state index contributed by atoms with van der Waals surface area (Å²) in [4.78, 5) is 28.1. The van der Waals surface area contributed by atoms with Crippen LogP contribution in [0.15, 0.2) is 28.0 Å². The van der Waals surface area contributed by atoms with Crippen LogP contribution in [0.4, 0.5) is 0 Å². The predicted octanol–water partition coefficient (Wildman–Crippen LogP) is 2.21. The van der Waals surface area contributed by atoms with E-state index in [9.17, 15) is 9.59 Å². The molecule has 7 nitrogen and oxygen atoms in total. The molecule has 0 aromatic carbocycles. The van der Waals surface area contributed by atoms with Gasteiger partial charge in [-0.1, -0.05) is 5.16 Å². The first kappa shape index (κ1) is 16.7. The fraction of sp³-hybridized carbons (Fsp3) is 0.500. The van der Waals surface area contributed by atoms with Crippen molar-refractivity contribution in [3.05, 3.63) is 24.2 Å². The molecule has 1 aromatic heterocycles. The predicted molar refractivity (Wildman–Crippen MR) is 73.9 cm³/mol. The van der Waals surface area contributed by atoms with Gasteiger partial charge in [-0.25, -0.2) is 9.59 Å². The molecule has 1 aromatic rings. The number of carbonyl (C=O) groups excluding carboxylic acids is 1. The van der Waals surface area contributed by atoms with Crippen molar-refractivity contribution in [1.82, 2.24) is 0 Å². The van der Waals surface area contributed by atoms with Crippen LogP contribution < -0.4 is 0 Å². The third kappa shape index (κ3) is 4.94. The summed E-state index contributed by atoms with van der Waals surface area (Å²) in [6.45, 7) is 8.03. The summed E-state index contributed by atoms with van der Waals surface area (Å²) >= 11 is 0. The van der Waals surface area contributed by atoms with Gasteiger partial charge in [-0.3, -0.25) is 0 Å². The fourth-order valence-electron chi connectivity index (χ4n) is 1.20. The first-order valence-electron chi connectivity index (χ1n) is 6.30. The first-order valence-corrected chi connectivity index (χ1v) is 6.30. The lowest BCUT2D eigenvalue weighted by atomic mass is 10.1. The highest BCUT2D eigenvalue weighted by Crippen LogP contribution is 2.18. The van der Waals surface area contributed by atoms with E-state index in [0.717, 1.165) is 0 Å². The van der Waals surface area contributed by atoms with Crippen LogP contribution in [-0.4, -0.2) is 34.0 Å². The van der Waals surface area contributed by atoms with Crippen LogP contribution in [0.5, 0.6) is 0 Å². The summed E-state index contributed by atoms with van der Waals surface area (Å²) in [5.41, 5.74) is -2.55. The zero-order chi connectivity index (χ0) is 16.3. The average Bonchev–Trinajstić information content (AvgIpc) is 2.79. The van der Waals surface area contributed by atoms with E-state index in [4.69, 9.17) is 19.1 Å². The quantitative estimate of drug-likeness (QED) is 0.508. The highest BCUT2D eigenvalue weighted by molar-refractivity contribution is 6.41. The molecule has 0 bridgehead atoms. The van der Waals surface area contributed by atoms with Gasteiger partial charge in [0, 0.05) is 0 Å². The van der Waals surface area contributed by atoms with E-state index in [1.807, 2.05) is 0 Å². The smallest absolute Gasteiger partial charge is 0.361 e. The van der Waals surface area contributed by atoms with Crippen molar-refractivity contribution in [2.45, 2.75) is 45.8 Å². The molecule has 0 aliphatic rings. The van der Waals surface area contributed by atoms with E-state index in [-0.39, 0.29) is 5.76 Å². The van der Waals surface area contributed by atoms with E-state index in [1.54, 1.807) is 20.8 Å². The Morgan fingerprint density at radius 3 is 2.29 bits per heavy atom. The number of carboxylic acid groups (broad SMARTS) is 1. The molecule has 0 amide bonds. The van der Waals surface area contributed by atoms with E-state index < -0.39 is 28.9 Å². The number of hydrogen-bond donors (Lipinski definition) is 1. The summed E-state index contributed by atoms with van der Waals surface area (Å²) < 4.78 is 10.1. The Kier molecular flexibility index (Phi) is 4.77. The molecule has 7 heteroatoms. The van der Waals surface area contributed by atoms with Gasteiger partial charge in [0.2, 0.25) is 11.3 Å². The van der Waals surface area contributed by atoms with Gasteiger partial charge in [0.15, 0.2) is 5.76 Å². The topological polar surface area (TPSA) is 98.3 Å². The Morgan fingerprint density at radius 2 is 1.86 bits per heavy atom. The van der Waals surface area contributed by atoms with Gasteiger partial charge in [-0.2, -0.15) is 0 Å². The Labute approximate surface area is 122 Å². The molecule has 0 atom stereocenters. The van der Waals surface area contributed by atoms with Gasteiger partial charge in [0.05, 0.1) is 6.26 Å². The molecular formula is C14H19NO6. The van der Waals surface area contributed by atoms with Gasteiger partial charge < -0.3 is 19.1 Å². The number of nitrogens with zero attached hydrogens (tertiary/aromatic N) is 1. The Balaban J connectivity index is 2.89. The maximum absolute atomic E-state index is 12.0. The standard InChI is InChI=1S/C14H19NO6/c1-13(2,3)20-12(18)14(4,5)21-15-10(11(16)17)9-7-6-8-19-9/h6-8H,1-5H3,(H,16,17). The lowest BCUT2D eigenvalue weighted by Crippen LogP contribution is -2.40. The summed E-state index contributed by atoms with van der Waals surface area (Å²) in [6.07, 6.45) is 1.31. The number of furan rings is 1. The fourth-order valence-corrected chi connectivity index (χ4v) is 1.20. The van der Waals surface area contributed by atoms with Crippen molar-refractivity contribution in [2.24, 2.45) is 5.16 Å². The third-order valence-corrected chi connectivity index (χ3v) is 2.21. The molecule has 1 heterocycles. The van der Waals surface area contributed by atoms with Gasteiger partial charge in [0.25, 0.3) is 0 Å². The number of carbonyl (C=O) groups is 2. The van der Waals surface area contributed by atoms with E-state index in [0.29, 0.717) is 0 Å². The Morgan fingerprint density at radius 1 is 1.24 bits per heavy atom. The third-order valence-electron chi connectivity index (χ3n) is 2.21. The van der Waals surface area contributed by atoms with Crippen molar-refractivity contribution < 1.29 is 28.7 Å². The summed E-state index contributed by atoms with van der Waals surface area (Å²) in [5, 5.41) is 12.6. The SMILES string of the molecule is CC(C)(C)OC(=O)C(C)(C)ON=C(C(=O)O)c1ccco1. The molecular weight excluding hydrogens is 278 g/mol. The second kappa shape index (κ2) is 5.99. The molecule has 0 unspecified atom stereocenters. The zero-order valence-corrected chi connectivity index (χ0v) is 12.7. The minimum Gasteiger partial charge on any atom is -0.476 e. The second-order valence-corrected chi connectivity index (χ2v) is 5.83. The van der Waals surface area contributed by atoms with Crippen molar-refractivity contribution in [2.75, 3.05) is 0 Å². The molecule has 0 saturated carbocycles. The summed E-state index contributed by atoms with van der Waals surface area (Å²) in [7, 11) is 0. The van der Waals surface area contributed by atoms with Crippen molar-refractivity contribution >= 4 is 17.7 Å². The normalized spacial score (nSPS) is 12.9. The molecule has 0 aliphatic carbocycles. The number of aliphatic carboxylic acids is 1. The summed E-state index contributed by atoms with van der Waals surface area (Å²) in [6, 6.07) is 2.95. The first-order chi connectivity index (χ1) is 9.53. The van der Waals surface area contributed by atoms with Gasteiger partial charge in [-0.15, -0.1) is 0 Å². The Bertz CT molecular complexity index is 536. The van der Waals surface area contributed by atoms with E-state index in [1.165, 1.54) is 32.2 Å². The van der Waals surface area contributed by atoms with Crippen LogP contribution in [0.25, 0.3) is 0 Å². The van der Waals surface area contributed by atoms with Crippen molar-refractivity contribution in [1.29, 1.82) is 0 Å². The molecule has 116 valence electrons. The summed E-state index contributed by atoms with van der Waals surface area (Å²) in [5.74, 6) is -1.95. The number of oxime groups is 1. The molecule has 0 radical (unpaired) electrons. The van der Waals surface area contributed by atoms with Crippen molar-refractivity contribution in [3.8, 4) is 0 Å². The van der Waals surface area contributed by atoms with Crippen LogP contribution in [0.3, 0.4) is 0 Å².